The minimum absolute atomic E-state index is 0.0521. The molecule has 1 aromatic carbocycles. The molecule has 0 saturated carbocycles. The van der Waals surface area contributed by atoms with E-state index in [0.29, 0.717) is 5.56 Å². The average molecular weight is 502 g/mol. The molecule has 1 aromatic heterocycles. The van der Waals surface area contributed by atoms with E-state index in [1.807, 2.05) is 0 Å². The zero-order chi connectivity index (χ0) is 23.3. The maximum absolute atomic E-state index is 14.8. The Morgan fingerprint density at radius 3 is 2.45 bits per heavy atom. The van der Waals surface area contributed by atoms with E-state index in [0.717, 1.165) is 6.07 Å². The van der Waals surface area contributed by atoms with Crippen LogP contribution >= 0.6 is 15.9 Å². The molecule has 0 aliphatic rings. The molecule has 170 valence electrons. The lowest BCUT2D eigenvalue weighted by Crippen LogP contribution is -2.35. The highest BCUT2D eigenvalue weighted by molar-refractivity contribution is 9.10. The average Bonchev–Trinajstić information content (AvgIpc) is 2.67. The van der Waals surface area contributed by atoms with Crippen LogP contribution < -0.4 is 10.6 Å². The van der Waals surface area contributed by atoms with Crippen molar-refractivity contribution in [1.82, 2.24) is 10.3 Å². The molecule has 0 atom stereocenters. The number of ether oxygens (including phenoxy) is 2. The predicted molar refractivity (Wildman–Crippen MR) is 117 cm³/mol. The van der Waals surface area contributed by atoms with Gasteiger partial charge in [-0.2, -0.15) is 0 Å². The number of nitrogens with one attached hydrogen (secondary N) is 2. The molecule has 10 heteroatoms. The van der Waals surface area contributed by atoms with Crippen LogP contribution in [0.3, 0.4) is 0 Å². The minimum Gasteiger partial charge on any atom is -0.462 e. The summed E-state index contributed by atoms with van der Waals surface area (Å²) in [5, 5.41) is 5.59. The molecule has 7 nitrogen and oxygen atoms in total. The van der Waals surface area contributed by atoms with Gasteiger partial charge in [0.15, 0.2) is 0 Å². The van der Waals surface area contributed by atoms with Crippen molar-refractivity contribution < 1.29 is 27.8 Å². The number of benzene rings is 1. The largest absolute Gasteiger partial charge is 0.462 e. The summed E-state index contributed by atoms with van der Waals surface area (Å²) in [4.78, 5) is 28.7. The highest BCUT2D eigenvalue weighted by Crippen LogP contribution is 2.34. The minimum atomic E-state index is -0.831. The summed E-state index contributed by atoms with van der Waals surface area (Å²) in [5.74, 6) is -2.19. The number of halogens is 3. The van der Waals surface area contributed by atoms with E-state index in [2.05, 4.69) is 31.5 Å². The molecular weight excluding hydrogens is 476 g/mol. The van der Waals surface area contributed by atoms with Crippen molar-refractivity contribution in [2.75, 3.05) is 25.0 Å². The zero-order valence-corrected chi connectivity index (χ0v) is 19.7. The highest BCUT2D eigenvalue weighted by Gasteiger charge is 2.25. The number of fused-ring (bicyclic) bond motifs is 1. The molecular formula is C21H26BrF2N3O4. The number of esters is 1. The molecule has 0 spiro atoms. The van der Waals surface area contributed by atoms with Gasteiger partial charge in [0.05, 0.1) is 16.6 Å². The Balaban J connectivity index is 2.40. The van der Waals surface area contributed by atoms with Crippen molar-refractivity contribution in [1.29, 1.82) is 0 Å². The molecule has 2 N–H and O–H groups in total. The third-order valence-electron chi connectivity index (χ3n) is 4.13. The number of rotatable bonds is 7. The van der Waals surface area contributed by atoms with Crippen LogP contribution in [0.15, 0.2) is 10.5 Å². The number of aryl methyl sites for hydroxylation is 1. The van der Waals surface area contributed by atoms with Crippen LogP contribution in [0.2, 0.25) is 0 Å². The molecule has 0 fully saturated rings. The van der Waals surface area contributed by atoms with E-state index in [-0.39, 0.29) is 52.9 Å². The predicted octanol–water partition coefficient (Wildman–Crippen LogP) is 4.95. The lowest BCUT2D eigenvalue weighted by atomic mass is 9.99. The van der Waals surface area contributed by atoms with Crippen molar-refractivity contribution in [2.45, 2.75) is 46.6 Å². The lowest BCUT2D eigenvalue weighted by Gasteiger charge is -2.20. The van der Waals surface area contributed by atoms with Crippen molar-refractivity contribution in [2.24, 2.45) is 0 Å². The standard InChI is InChI=1S/C21H26BrF2N3O4/c1-6-11-14-13(10-12(23)16(22)17(14)24)27-18(15(11)19(28)30-7-2)25-8-9-26-20(29)31-21(3,4)5/h10H,6-9H2,1-5H3,(H,25,27)(H,26,29). The second-order valence-electron chi connectivity index (χ2n) is 7.62. The summed E-state index contributed by atoms with van der Waals surface area (Å²) in [6, 6.07) is 1.10. The van der Waals surface area contributed by atoms with Crippen LogP contribution in [0.4, 0.5) is 19.4 Å². The fraction of sp³-hybridized carbons (Fsp3) is 0.476. The van der Waals surface area contributed by atoms with Crippen LogP contribution in [0.1, 0.15) is 50.5 Å². The van der Waals surface area contributed by atoms with E-state index < -0.39 is 29.3 Å². The van der Waals surface area contributed by atoms with Gasteiger partial charge in [0.1, 0.15) is 28.6 Å². The Labute approximate surface area is 188 Å². The summed E-state index contributed by atoms with van der Waals surface area (Å²) < 4.78 is 38.9. The number of carbonyl (C=O) groups is 2. The molecule has 31 heavy (non-hydrogen) atoms. The fourth-order valence-corrected chi connectivity index (χ4v) is 3.28. The van der Waals surface area contributed by atoms with Crippen LogP contribution in [0.25, 0.3) is 10.9 Å². The number of carbonyl (C=O) groups excluding carboxylic acids is 2. The first-order chi connectivity index (χ1) is 14.5. The van der Waals surface area contributed by atoms with Gasteiger partial charge in [-0.1, -0.05) is 6.92 Å². The van der Waals surface area contributed by atoms with Crippen LogP contribution in [-0.2, 0) is 15.9 Å². The maximum Gasteiger partial charge on any atom is 0.407 e. The maximum atomic E-state index is 14.8. The first kappa shape index (κ1) is 24.8. The number of anilines is 1. The van der Waals surface area contributed by atoms with Crippen molar-refractivity contribution >= 4 is 44.7 Å². The molecule has 0 saturated heterocycles. The summed E-state index contributed by atoms with van der Waals surface area (Å²) >= 11 is 2.90. The van der Waals surface area contributed by atoms with Crippen molar-refractivity contribution in [3.63, 3.8) is 0 Å². The quantitative estimate of drug-likeness (QED) is 0.317. The van der Waals surface area contributed by atoms with E-state index in [9.17, 15) is 18.4 Å². The zero-order valence-electron chi connectivity index (χ0n) is 18.1. The van der Waals surface area contributed by atoms with Gasteiger partial charge in [-0.05, 0) is 55.6 Å². The van der Waals surface area contributed by atoms with Gasteiger partial charge in [0, 0.05) is 24.5 Å². The number of hydrogen-bond donors (Lipinski definition) is 2. The van der Waals surface area contributed by atoms with Gasteiger partial charge >= 0.3 is 12.1 Å². The molecule has 0 aliphatic carbocycles. The topological polar surface area (TPSA) is 89.6 Å². The van der Waals surface area contributed by atoms with E-state index in [1.54, 1.807) is 34.6 Å². The molecule has 0 aliphatic heterocycles. The summed E-state index contributed by atoms with van der Waals surface area (Å²) in [7, 11) is 0. The van der Waals surface area contributed by atoms with Crippen molar-refractivity contribution in [3.8, 4) is 0 Å². The number of aromatic nitrogens is 1. The van der Waals surface area contributed by atoms with Crippen LogP contribution in [0, 0.1) is 11.6 Å². The number of hydrogen-bond acceptors (Lipinski definition) is 6. The van der Waals surface area contributed by atoms with Gasteiger partial charge in [-0.25, -0.2) is 23.4 Å². The Morgan fingerprint density at radius 1 is 1.19 bits per heavy atom. The van der Waals surface area contributed by atoms with Gasteiger partial charge < -0.3 is 20.1 Å². The Kier molecular flexibility index (Phi) is 8.16. The molecule has 1 amide bonds. The molecule has 1 heterocycles. The van der Waals surface area contributed by atoms with Crippen molar-refractivity contribution in [3.05, 3.63) is 33.3 Å². The first-order valence-electron chi connectivity index (χ1n) is 9.88. The lowest BCUT2D eigenvalue weighted by molar-refractivity contribution is 0.0515. The normalized spacial score (nSPS) is 11.4. The summed E-state index contributed by atoms with van der Waals surface area (Å²) in [6.07, 6.45) is -0.304. The molecule has 0 unspecified atom stereocenters. The van der Waals surface area contributed by atoms with Gasteiger partial charge in [0.25, 0.3) is 0 Å². The Morgan fingerprint density at radius 2 is 1.87 bits per heavy atom. The number of alkyl carbamates (subject to hydrolysis) is 1. The third kappa shape index (κ3) is 6.03. The Bertz CT molecular complexity index is 993. The molecule has 0 bridgehead atoms. The first-order valence-corrected chi connectivity index (χ1v) is 10.7. The second-order valence-corrected chi connectivity index (χ2v) is 8.42. The van der Waals surface area contributed by atoms with Gasteiger partial charge in [-0.3, -0.25) is 0 Å². The van der Waals surface area contributed by atoms with Crippen LogP contribution in [-0.4, -0.2) is 42.3 Å². The van der Waals surface area contributed by atoms with Crippen LogP contribution in [0.5, 0.6) is 0 Å². The second kappa shape index (κ2) is 10.2. The Hall–Kier alpha value is -2.49. The number of nitrogens with zero attached hydrogens (tertiary/aromatic N) is 1. The van der Waals surface area contributed by atoms with Gasteiger partial charge in [0.2, 0.25) is 0 Å². The summed E-state index contributed by atoms with van der Waals surface area (Å²) in [5.41, 5.74) is -0.145. The molecule has 2 rings (SSSR count). The monoisotopic (exact) mass is 501 g/mol. The van der Waals surface area contributed by atoms with E-state index >= 15 is 0 Å². The van der Waals surface area contributed by atoms with E-state index in [4.69, 9.17) is 9.47 Å². The molecule has 2 aromatic rings. The van der Waals surface area contributed by atoms with E-state index in [1.165, 1.54) is 0 Å². The fourth-order valence-electron chi connectivity index (χ4n) is 2.97. The molecule has 0 radical (unpaired) electrons. The number of pyridine rings is 1. The van der Waals surface area contributed by atoms with Gasteiger partial charge in [-0.15, -0.1) is 0 Å². The third-order valence-corrected chi connectivity index (χ3v) is 4.86. The smallest absolute Gasteiger partial charge is 0.407 e. The summed E-state index contributed by atoms with van der Waals surface area (Å²) in [6.45, 7) is 9.13. The number of amides is 1. The SMILES string of the molecule is CCOC(=O)c1c(NCCNC(=O)OC(C)(C)C)nc2cc(F)c(Br)c(F)c2c1CC. The highest BCUT2D eigenvalue weighted by atomic mass is 79.9.